The number of benzene rings is 2. The van der Waals surface area contributed by atoms with Gasteiger partial charge in [0.1, 0.15) is 0 Å². The summed E-state index contributed by atoms with van der Waals surface area (Å²) in [6.07, 6.45) is 7.41. The molecule has 0 bridgehead atoms. The van der Waals surface area contributed by atoms with Crippen LogP contribution in [0.15, 0.2) is 54.7 Å². The van der Waals surface area contributed by atoms with Gasteiger partial charge in [-0.15, -0.1) is 5.10 Å². The van der Waals surface area contributed by atoms with Gasteiger partial charge in [-0.05, 0) is 81.2 Å². The topological polar surface area (TPSA) is 57.5 Å². The lowest BCUT2D eigenvalue weighted by molar-refractivity contribution is 0.0771. The average molecular weight is 537 g/mol. The van der Waals surface area contributed by atoms with Crippen molar-refractivity contribution < 1.29 is 4.79 Å². The van der Waals surface area contributed by atoms with Gasteiger partial charge >= 0.3 is 0 Å². The van der Waals surface area contributed by atoms with Gasteiger partial charge in [0.25, 0.3) is 5.91 Å². The number of hydrogen-bond acceptors (Lipinski definition) is 5. The number of carbonyl (C=O) groups excluding carboxylic acids is 1. The molecule has 7 rings (SSSR count). The maximum atomic E-state index is 13.7. The molecular formula is C33H40N6O. The summed E-state index contributed by atoms with van der Waals surface area (Å²) in [6.45, 7) is 12.7. The van der Waals surface area contributed by atoms with E-state index in [0.29, 0.717) is 23.2 Å². The van der Waals surface area contributed by atoms with Gasteiger partial charge in [0.05, 0.1) is 23.1 Å². The number of likely N-dealkylation sites (tertiary alicyclic amines) is 1. The molecule has 1 saturated heterocycles. The summed E-state index contributed by atoms with van der Waals surface area (Å²) in [5.74, 6) is 1.46. The maximum Gasteiger partial charge on any atom is 0.293 e. The van der Waals surface area contributed by atoms with Gasteiger partial charge in [-0.1, -0.05) is 44.0 Å². The largest absolute Gasteiger partial charge is 0.359 e. The molecule has 7 heteroatoms. The first kappa shape index (κ1) is 25.4. The van der Waals surface area contributed by atoms with Gasteiger partial charge in [-0.2, -0.15) is 0 Å². The second kappa shape index (κ2) is 9.22. The quantitative estimate of drug-likeness (QED) is 0.397. The Morgan fingerprint density at radius 2 is 1.75 bits per heavy atom. The third kappa shape index (κ3) is 3.96. The van der Waals surface area contributed by atoms with Crippen LogP contribution in [-0.4, -0.2) is 57.8 Å². The highest BCUT2D eigenvalue weighted by Gasteiger charge is 2.54. The van der Waals surface area contributed by atoms with E-state index in [9.17, 15) is 4.79 Å². The van der Waals surface area contributed by atoms with E-state index in [-0.39, 0.29) is 17.8 Å². The highest BCUT2D eigenvalue weighted by atomic mass is 16.2. The molecule has 208 valence electrons. The Morgan fingerprint density at radius 3 is 2.42 bits per heavy atom. The average Bonchev–Trinajstić information content (AvgIpc) is 3.27. The number of carbonyl (C=O) groups is 1. The Bertz CT molecular complexity index is 1480. The van der Waals surface area contributed by atoms with Crippen molar-refractivity contribution in [1.29, 1.82) is 0 Å². The van der Waals surface area contributed by atoms with Crippen molar-refractivity contribution in [3.63, 3.8) is 0 Å². The van der Waals surface area contributed by atoms with Crippen molar-refractivity contribution in [2.45, 2.75) is 71.4 Å². The van der Waals surface area contributed by atoms with Crippen molar-refractivity contribution in [1.82, 2.24) is 19.7 Å². The second-order valence-corrected chi connectivity index (χ2v) is 12.7. The molecule has 7 nitrogen and oxygen atoms in total. The molecular weight excluding hydrogens is 496 g/mol. The van der Waals surface area contributed by atoms with Gasteiger partial charge in [0.15, 0.2) is 5.82 Å². The fraction of sp³-hybridized carbons (Fsp3) is 0.485. The number of rotatable bonds is 4. The molecule has 0 N–H and O–H groups in total. The summed E-state index contributed by atoms with van der Waals surface area (Å²) in [6, 6.07) is 15.6. The number of aromatic nitrogens is 3. The van der Waals surface area contributed by atoms with E-state index in [2.05, 4.69) is 86.7 Å². The fourth-order valence-corrected chi connectivity index (χ4v) is 7.34. The van der Waals surface area contributed by atoms with Crippen molar-refractivity contribution in [3.8, 4) is 17.1 Å². The third-order valence-corrected chi connectivity index (χ3v) is 10.2. The highest BCUT2D eigenvalue weighted by molar-refractivity contribution is 5.92. The molecule has 3 aromatic rings. The van der Waals surface area contributed by atoms with Crippen LogP contribution in [0.5, 0.6) is 0 Å². The fourth-order valence-electron chi connectivity index (χ4n) is 7.34. The highest BCUT2D eigenvalue weighted by Crippen LogP contribution is 2.56. The Balaban J connectivity index is 1.32. The number of anilines is 2. The monoisotopic (exact) mass is 536 g/mol. The number of fused-ring (bicyclic) bond motifs is 1. The molecule has 1 aromatic heterocycles. The third-order valence-electron chi connectivity index (χ3n) is 10.2. The zero-order valence-electron chi connectivity index (χ0n) is 24.2. The summed E-state index contributed by atoms with van der Waals surface area (Å²) >= 11 is 0. The minimum absolute atomic E-state index is 0.0575. The summed E-state index contributed by atoms with van der Waals surface area (Å²) in [4.78, 5) is 25.5. The van der Waals surface area contributed by atoms with E-state index in [1.54, 1.807) is 0 Å². The predicted octanol–water partition coefficient (Wildman–Crippen LogP) is 6.22. The second-order valence-electron chi connectivity index (χ2n) is 12.7. The van der Waals surface area contributed by atoms with Crippen molar-refractivity contribution >= 4 is 17.3 Å². The van der Waals surface area contributed by atoms with Crippen LogP contribution >= 0.6 is 0 Å². The van der Waals surface area contributed by atoms with E-state index in [1.807, 2.05) is 9.58 Å². The summed E-state index contributed by atoms with van der Waals surface area (Å²) < 4.78 is 1.86. The van der Waals surface area contributed by atoms with E-state index in [0.717, 1.165) is 35.7 Å². The number of nitrogens with zero attached hydrogens (tertiary/aromatic N) is 6. The SMILES string of the molecule is C=C1[C@@H](C)N(C2CCCC2)c2cc(-c3nc(C(=O)N4C[C@@H](C)C5(CC5)C4)nn3-c3ccc(C)cc3)ccc2N1C. The molecule has 2 aliphatic carbocycles. The molecule has 2 aliphatic heterocycles. The zero-order chi connectivity index (χ0) is 27.8. The molecule has 3 heterocycles. The summed E-state index contributed by atoms with van der Waals surface area (Å²) in [5, 5.41) is 4.85. The van der Waals surface area contributed by atoms with Crippen molar-refractivity contribution in [2.24, 2.45) is 11.3 Å². The summed E-state index contributed by atoms with van der Waals surface area (Å²) in [7, 11) is 2.11. The first-order chi connectivity index (χ1) is 19.3. The number of aryl methyl sites for hydroxylation is 1. The number of likely N-dealkylation sites (N-methyl/N-ethyl adjacent to an activating group) is 1. The summed E-state index contributed by atoms with van der Waals surface area (Å²) in [5.41, 5.74) is 6.88. The molecule has 4 aliphatic rings. The lowest BCUT2D eigenvalue weighted by Gasteiger charge is -2.46. The van der Waals surface area contributed by atoms with E-state index >= 15 is 0 Å². The molecule has 1 spiro atoms. The molecule has 2 aromatic carbocycles. The van der Waals surface area contributed by atoms with Crippen LogP contribution in [0, 0.1) is 18.3 Å². The van der Waals surface area contributed by atoms with Gasteiger partial charge < -0.3 is 14.7 Å². The molecule has 3 fully saturated rings. The Labute approximate surface area is 237 Å². The zero-order valence-corrected chi connectivity index (χ0v) is 24.2. The molecule has 1 amide bonds. The van der Waals surface area contributed by atoms with E-state index in [1.165, 1.54) is 49.8 Å². The predicted molar refractivity (Wildman–Crippen MR) is 160 cm³/mol. The minimum atomic E-state index is -0.0575. The van der Waals surface area contributed by atoms with Crippen LogP contribution in [0.3, 0.4) is 0 Å². The first-order valence-corrected chi connectivity index (χ1v) is 14.9. The smallest absolute Gasteiger partial charge is 0.293 e. The van der Waals surface area contributed by atoms with E-state index < -0.39 is 0 Å². The number of hydrogen-bond donors (Lipinski definition) is 0. The standard InChI is InChI=1S/C33H40N6O/c1-21-10-13-27(14-11-21)39-31(34-30(35-39)32(40)37-19-22(2)33(20-37)16-17-33)25-12-15-28-29(18-25)38(26-8-6-7-9-26)24(4)23(3)36(28)5/h10-15,18,22,24,26H,3,6-9,16-17,19-20H2,1-2,4-5H3/t22-,24-/m1/s1. The van der Waals surface area contributed by atoms with Crippen LogP contribution in [0.25, 0.3) is 17.1 Å². The van der Waals surface area contributed by atoms with Crippen LogP contribution in [0.4, 0.5) is 11.4 Å². The molecule has 0 unspecified atom stereocenters. The van der Waals surface area contributed by atoms with Crippen LogP contribution in [0.2, 0.25) is 0 Å². The Hall–Kier alpha value is -3.61. The molecule has 2 atom stereocenters. The maximum absolute atomic E-state index is 13.7. The van der Waals surface area contributed by atoms with Gasteiger partial charge in [-0.3, -0.25) is 4.79 Å². The lowest BCUT2D eigenvalue weighted by Crippen LogP contribution is -2.48. The van der Waals surface area contributed by atoms with Crippen LogP contribution in [-0.2, 0) is 0 Å². The van der Waals surface area contributed by atoms with Crippen LogP contribution < -0.4 is 9.80 Å². The minimum Gasteiger partial charge on any atom is -0.359 e. The van der Waals surface area contributed by atoms with Crippen molar-refractivity contribution in [2.75, 3.05) is 29.9 Å². The molecule has 40 heavy (non-hydrogen) atoms. The van der Waals surface area contributed by atoms with Gasteiger partial charge in [-0.25, -0.2) is 9.67 Å². The first-order valence-electron chi connectivity index (χ1n) is 14.9. The van der Waals surface area contributed by atoms with E-state index in [4.69, 9.17) is 10.1 Å². The van der Waals surface area contributed by atoms with Crippen LogP contribution in [0.1, 0.15) is 68.6 Å². The Morgan fingerprint density at radius 1 is 1.02 bits per heavy atom. The van der Waals surface area contributed by atoms with Crippen molar-refractivity contribution in [3.05, 3.63) is 66.1 Å². The van der Waals surface area contributed by atoms with Gasteiger partial charge in [0.2, 0.25) is 5.82 Å². The normalized spacial score (nSPS) is 23.8. The number of amides is 1. The Kier molecular flexibility index (Phi) is 5.84. The molecule has 0 radical (unpaired) electrons. The molecule has 2 saturated carbocycles. The van der Waals surface area contributed by atoms with Gasteiger partial charge in [0, 0.05) is 37.4 Å². The lowest BCUT2D eigenvalue weighted by atomic mass is 9.95.